The van der Waals surface area contributed by atoms with Gasteiger partial charge in [0.25, 0.3) is 5.91 Å². The van der Waals surface area contributed by atoms with E-state index in [0.29, 0.717) is 25.1 Å². The summed E-state index contributed by atoms with van der Waals surface area (Å²) in [5.41, 5.74) is 0.536. The summed E-state index contributed by atoms with van der Waals surface area (Å²) in [5.74, 6) is -0.0839. The van der Waals surface area contributed by atoms with Crippen LogP contribution in [0.1, 0.15) is 56.8 Å². The van der Waals surface area contributed by atoms with Crippen molar-refractivity contribution in [2.75, 3.05) is 13.1 Å². The SMILES string of the molecule is CCCCN(CCC(=O)NC(C)CC)C(=O)c1ccoc1. The standard InChI is InChI=1S/C16H26N2O3/c1-4-6-9-18(16(20)14-8-11-21-12-14)10-7-15(19)17-13(3)5-2/h8,11-13H,4-7,9-10H2,1-3H3,(H,17,19). The Morgan fingerprint density at radius 2 is 2.10 bits per heavy atom. The summed E-state index contributed by atoms with van der Waals surface area (Å²) >= 11 is 0. The van der Waals surface area contributed by atoms with Crippen molar-refractivity contribution in [1.29, 1.82) is 0 Å². The fourth-order valence-electron chi connectivity index (χ4n) is 1.92. The van der Waals surface area contributed by atoms with Crippen LogP contribution >= 0.6 is 0 Å². The van der Waals surface area contributed by atoms with Gasteiger partial charge in [-0.05, 0) is 25.8 Å². The molecule has 0 spiro atoms. The van der Waals surface area contributed by atoms with Gasteiger partial charge in [0.15, 0.2) is 0 Å². The zero-order valence-corrected chi connectivity index (χ0v) is 13.2. The molecule has 2 amide bonds. The number of hydrogen-bond donors (Lipinski definition) is 1. The minimum Gasteiger partial charge on any atom is -0.472 e. The highest BCUT2D eigenvalue weighted by Gasteiger charge is 2.17. The highest BCUT2D eigenvalue weighted by molar-refractivity contribution is 5.94. The Morgan fingerprint density at radius 3 is 2.67 bits per heavy atom. The zero-order chi connectivity index (χ0) is 15.7. The maximum absolute atomic E-state index is 12.3. The summed E-state index contributed by atoms with van der Waals surface area (Å²) in [7, 11) is 0. The monoisotopic (exact) mass is 294 g/mol. The van der Waals surface area contributed by atoms with Crippen molar-refractivity contribution in [3.8, 4) is 0 Å². The van der Waals surface area contributed by atoms with E-state index >= 15 is 0 Å². The van der Waals surface area contributed by atoms with Crippen molar-refractivity contribution >= 4 is 11.8 Å². The first-order valence-electron chi connectivity index (χ1n) is 7.69. The maximum Gasteiger partial charge on any atom is 0.257 e. The van der Waals surface area contributed by atoms with Crippen LogP contribution in [-0.4, -0.2) is 35.8 Å². The lowest BCUT2D eigenvalue weighted by atomic mass is 10.2. The Balaban J connectivity index is 2.54. The van der Waals surface area contributed by atoms with Crippen molar-refractivity contribution < 1.29 is 14.0 Å². The van der Waals surface area contributed by atoms with Crippen LogP contribution in [0.5, 0.6) is 0 Å². The highest BCUT2D eigenvalue weighted by atomic mass is 16.3. The molecule has 1 heterocycles. The Labute approximate surface area is 126 Å². The number of carbonyl (C=O) groups is 2. The minimum absolute atomic E-state index is 0.00848. The van der Waals surface area contributed by atoms with Gasteiger partial charge in [0, 0.05) is 25.6 Å². The predicted molar refractivity (Wildman–Crippen MR) is 82.0 cm³/mol. The molecule has 5 nitrogen and oxygen atoms in total. The third-order valence-corrected chi connectivity index (χ3v) is 3.47. The first kappa shape index (κ1) is 17.3. The van der Waals surface area contributed by atoms with Gasteiger partial charge in [-0.1, -0.05) is 20.3 Å². The van der Waals surface area contributed by atoms with Crippen molar-refractivity contribution in [3.63, 3.8) is 0 Å². The lowest BCUT2D eigenvalue weighted by molar-refractivity contribution is -0.121. The summed E-state index contributed by atoms with van der Waals surface area (Å²) in [6.45, 7) is 7.18. The average molecular weight is 294 g/mol. The molecule has 0 saturated heterocycles. The van der Waals surface area contributed by atoms with Gasteiger partial charge in [-0.15, -0.1) is 0 Å². The van der Waals surface area contributed by atoms with E-state index in [1.807, 2.05) is 13.8 Å². The summed E-state index contributed by atoms with van der Waals surface area (Å²) in [6, 6.07) is 1.83. The number of unbranched alkanes of at least 4 members (excludes halogenated alkanes) is 1. The second-order valence-corrected chi connectivity index (χ2v) is 5.28. The first-order valence-corrected chi connectivity index (χ1v) is 7.69. The lowest BCUT2D eigenvalue weighted by Gasteiger charge is -2.22. The van der Waals surface area contributed by atoms with E-state index in [0.717, 1.165) is 19.3 Å². The molecule has 0 aliphatic carbocycles. The maximum atomic E-state index is 12.3. The van der Waals surface area contributed by atoms with Gasteiger partial charge in [0.1, 0.15) is 6.26 Å². The molecule has 0 fully saturated rings. The van der Waals surface area contributed by atoms with Crippen LogP contribution in [0.3, 0.4) is 0 Å². The van der Waals surface area contributed by atoms with Gasteiger partial charge in [0.05, 0.1) is 11.8 Å². The number of nitrogens with one attached hydrogen (secondary N) is 1. The molecule has 0 aliphatic heterocycles. The molecule has 1 rings (SSSR count). The van der Waals surface area contributed by atoms with E-state index < -0.39 is 0 Å². The molecule has 1 N–H and O–H groups in total. The minimum atomic E-state index is -0.0754. The molecule has 21 heavy (non-hydrogen) atoms. The third kappa shape index (κ3) is 6.02. The average Bonchev–Trinajstić information content (AvgIpc) is 3.00. The molecular weight excluding hydrogens is 268 g/mol. The summed E-state index contributed by atoms with van der Waals surface area (Å²) in [6.07, 6.45) is 6.10. The van der Waals surface area contributed by atoms with Crippen LogP contribution in [0, 0.1) is 0 Å². The highest BCUT2D eigenvalue weighted by Crippen LogP contribution is 2.08. The molecule has 1 unspecified atom stereocenters. The van der Waals surface area contributed by atoms with Crippen LogP contribution in [-0.2, 0) is 4.79 Å². The van der Waals surface area contributed by atoms with Crippen LogP contribution in [0.15, 0.2) is 23.0 Å². The number of hydrogen-bond acceptors (Lipinski definition) is 3. The van der Waals surface area contributed by atoms with Crippen molar-refractivity contribution in [1.82, 2.24) is 10.2 Å². The van der Waals surface area contributed by atoms with Crippen molar-refractivity contribution in [2.24, 2.45) is 0 Å². The number of rotatable bonds is 9. The second kappa shape index (κ2) is 9.21. The quantitative estimate of drug-likeness (QED) is 0.761. The third-order valence-electron chi connectivity index (χ3n) is 3.47. The van der Waals surface area contributed by atoms with E-state index in [-0.39, 0.29) is 17.9 Å². The van der Waals surface area contributed by atoms with Crippen LogP contribution in [0.2, 0.25) is 0 Å². The normalized spacial score (nSPS) is 12.0. The number of amides is 2. The van der Waals surface area contributed by atoms with Crippen LogP contribution in [0.4, 0.5) is 0 Å². The summed E-state index contributed by atoms with van der Waals surface area (Å²) in [4.78, 5) is 25.9. The number of nitrogens with zero attached hydrogens (tertiary/aromatic N) is 1. The molecule has 1 aromatic heterocycles. The van der Waals surface area contributed by atoms with Gasteiger partial charge in [-0.25, -0.2) is 0 Å². The molecule has 1 aromatic rings. The fraction of sp³-hybridized carbons (Fsp3) is 0.625. The summed E-state index contributed by atoms with van der Waals surface area (Å²) < 4.78 is 4.96. The lowest BCUT2D eigenvalue weighted by Crippen LogP contribution is -2.38. The Bertz CT molecular complexity index is 429. The predicted octanol–water partition coefficient (Wildman–Crippen LogP) is 2.83. The van der Waals surface area contributed by atoms with Gasteiger partial charge >= 0.3 is 0 Å². The fourth-order valence-corrected chi connectivity index (χ4v) is 1.92. The Hall–Kier alpha value is -1.78. The molecule has 0 bridgehead atoms. The van der Waals surface area contributed by atoms with Crippen LogP contribution < -0.4 is 5.32 Å². The Kier molecular flexibility index (Phi) is 7.58. The molecule has 1 atom stereocenters. The largest absolute Gasteiger partial charge is 0.472 e. The molecule has 0 saturated carbocycles. The molecule has 5 heteroatoms. The molecule has 0 aromatic carbocycles. The van der Waals surface area contributed by atoms with E-state index in [1.165, 1.54) is 12.5 Å². The molecular formula is C16H26N2O3. The molecule has 0 radical (unpaired) electrons. The van der Waals surface area contributed by atoms with Gasteiger partial charge in [-0.2, -0.15) is 0 Å². The topological polar surface area (TPSA) is 62.6 Å². The number of carbonyl (C=O) groups excluding carboxylic acids is 2. The Morgan fingerprint density at radius 1 is 1.33 bits per heavy atom. The van der Waals surface area contributed by atoms with E-state index in [9.17, 15) is 9.59 Å². The van der Waals surface area contributed by atoms with Gasteiger partial charge in [0.2, 0.25) is 5.91 Å². The zero-order valence-electron chi connectivity index (χ0n) is 13.2. The number of furan rings is 1. The second-order valence-electron chi connectivity index (χ2n) is 5.28. The van der Waals surface area contributed by atoms with Crippen molar-refractivity contribution in [2.45, 2.75) is 52.5 Å². The van der Waals surface area contributed by atoms with Crippen LogP contribution in [0.25, 0.3) is 0 Å². The van der Waals surface area contributed by atoms with Crippen molar-refractivity contribution in [3.05, 3.63) is 24.2 Å². The van der Waals surface area contributed by atoms with E-state index in [4.69, 9.17) is 4.42 Å². The van der Waals surface area contributed by atoms with Gasteiger partial charge < -0.3 is 14.6 Å². The first-order chi connectivity index (χ1) is 10.1. The summed E-state index contributed by atoms with van der Waals surface area (Å²) in [5, 5.41) is 2.92. The van der Waals surface area contributed by atoms with E-state index in [1.54, 1.807) is 11.0 Å². The molecule has 118 valence electrons. The smallest absolute Gasteiger partial charge is 0.257 e. The molecule has 0 aliphatic rings. The van der Waals surface area contributed by atoms with Gasteiger partial charge in [-0.3, -0.25) is 9.59 Å². The van der Waals surface area contributed by atoms with E-state index in [2.05, 4.69) is 12.2 Å².